The molecule has 0 amide bonds. The second-order valence-electron chi connectivity index (χ2n) is 3.16. The van der Waals surface area contributed by atoms with Crippen LogP contribution in [0.25, 0.3) is 0 Å². The molecule has 0 saturated heterocycles. The van der Waals surface area contributed by atoms with Crippen LogP contribution in [-0.2, 0) is 4.74 Å². The zero-order chi connectivity index (χ0) is 8.23. The molecule has 0 saturated carbocycles. The maximum Gasteiger partial charge on any atom is 0.0647 e. The van der Waals surface area contributed by atoms with Crippen LogP contribution in [0.15, 0.2) is 29.3 Å². The van der Waals surface area contributed by atoms with E-state index in [1.165, 1.54) is 0 Å². The number of hydrogen-bond acceptors (Lipinski definition) is 2. The highest BCUT2D eigenvalue weighted by molar-refractivity contribution is 5.72. The zero-order valence-corrected chi connectivity index (χ0v) is 7.02. The molecule has 2 heteroatoms. The Morgan fingerprint density at radius 2 is 2.33 bits per heavy atom. The van der Waals surface area contributed by atoms with E-state index in [2.05, 4.69) is 23.2 Å². The molecule has 0 bridgehead atoms. The molecule has 0 aromatic carbocycles. The third kappa shape index (κ3) is 1.64. The quantitative estimate of drug-likeness (QED) is 0.538. The van der Waals surface area contributed by atoms with Crippen molar-refractivity contribution in [1.82, 2.24) is 0 Å². The Labute approximate surface area is 72.6 Å². The van der Waals surface area contributed by atoms with Crippen LogP contribution < -0.4 is 0 Å². The third-order valence-electron chi connectivity index (χ3n) is 2.28. The van der Waals surface area contributed by atoms with Crippen LogP contribution in [0.5, 0.6) is 0 Å². The highest BCUT2D eigenvalue weighted by Gasteiger charge is 2.19. The first-order valence-electron chi connectivity index (χ1n) is 4.39. The number of aliphatic imine (C=N–C) groups is 1. The fourth-order valence-electron chi connectivity index (χ4n) is 1.58. The normalized spacial score (nSPS) is 34.0. The van der Waals surface area contributed by atoms with E-state index >= 15 is 0 Å². The lowest BCUT2D eigenvalue weighted by Crippen LogP contribution is -2.25. The Morgan fingerprint density at radius 1 is 1.33 bits per heavy atom. The fourth-order valence-corrected chi connectivity index (χ4v) is 1.58. The molecule has 2 unspecified atom stereocenters. The summed E-state index contributed by atoms with van der Waals surface area (Å²) in [6, 6.07) is 0.409. The molecule has 0 radical (unpaired) electrons. The average Bonchev–Trinajstić information content (AvgIpc) is 2.21. The summed E-state index contributed by atoms with van der Waals surface area (Å²) >= 11 is 0. The second kappa shape index (κ2) is 3.68. The van der Waals surface area contributed by atoms with Crippen molar-refractivity contribution in [2.45, 2.75) is 12.5 Å². The molecular weight excluding hydrogens is 150 g/mol. The van der Waals surface area contributed by atoms with Gasteiger partial charge in [-0.3, -0.25) is 4.99 Å². The van der Waals surface area contributed by atoms with Gasteiger partial charge in [-0.15, -0.1) is 0 Å². The van der Waals surface area contributed by atoms with Gasteiger partial charge in [-0.25, -0.2) is 0 Å². The van der Waals surface area contributed by atoms with Crippen molar-refractivity contribution in [3.8, 4) is 0 Å². The zero-order valence-electron chi connectivity index (χ0n) is 7.02. The first-order chi connectivity index (χ1) is 5.97. The summed E-state index contributed by atoms with van der Waals surface area (Å²) in [5, 5.41) is 0. The van der Waals surface area contributed by atoms with Crippen molar-refractivity contribution in [2.75, 3.05) is 13.2 Å². The SMILES string of the molecule is C1=CCC(C2C=CCOC2)N=C1. The van der Waals surface area contributed by atoms with Crippen LogP contribution in [-0.4, -0.2) is 25.5 Å². The summed E-state index contributed by atoms with van der Waals surface area (Å²) in [7, 11) is 0. The number of hydrogen-bond donors (Lipinski definition) is 0. The Bertz CT molecular complexity index is 230. The topological polar surface area (TPSA) is 21.6 Å². The first kappa shape index (κ1) is 7.74. The van der Waals surface area contributed by atoms with Crippen molar-refractivity contribution in [3.05, 3.63) is 24.3 Å². The van der Waals surface area contributed by atoms with Crippen molar-refractivity contribution >= 4 is 6.21 Å². The average molecular weight is 163 g/mol. The lowest BCUT2D eigenvalue weighted by atomic mass is 9.95. The molecular formula is C10H13NO. The van der Waals surface area contributed by atoms with Gasteiger partial charge in [0.1, 0.15) is 0 Å². The van der Waals surface area contributed by atoms with Crippen LogP contribution in [0.1, 0.15) is 6.42 Å². The molecule has 0 aliphatic carbocycles. The lowest BCUT2D eigenvalue weighted by molar-refractivity contribution is 0.117. The molecule has 0 N–H and O–H groups in total. The fraction of sp³-hybridized carbons (Fsp3) is 0.500. The van der Waals surface area contributed by atoms with E-state index in [1.54, 1.807) is 0 Å². The van der Waals surface area contributed by atoms with E-state index in [0.29, 0.717) is 12.0 Å². The summed E-state index contributed by atoms with van der Waals surface area (Å²) in [5.41, 5.74) is 0. The minimum Gasteiger partial charge on any atom is -0.377 e. The molecule has 2 heterocycles. The van der Waals surface area contributed by atoms with Crippen LogP contribution in [0, 0.1) is 5.92 Å². The van der Waals surface area contributed by atoms with Gasteiger partial charge in [-0.1, -0.05) is 18.2 Å². The maximum atomic E-state index is 5.35. The van der Waals surface area contributed by atoms with E-state index in [1.807, 2.05) is 12.3 Å². The van der Waals surface area contributed by atoms with Gasteiger partial charge in [0.25, 0.3) is 0 Å². The van der Waals surface area contributed by atoms with Crippen LogP contribution >= 0.6 is 0 Å². The standard InChI is InChI=1S/C10H13NO/c1-2-6-11-10(5-1)9-4-3-7-12-8-9/h1-4,6,9-10H,5,7-8H2. The molecule has 12 heavy (non-hydrogen) atoms. The molecule has 2 aliphatic rings. The van der Waals surface area contributed by atoms with Crippen LogP contribution in [0.3, 0.4) is 0 Å². The molecule has 2 nitrogen and oxygen atoms in total. The second-order valence-corrected chi connectivity index (χ2v) is 3.16. The van der Waals surface area contributed by atoms with Gasteiger partial charge in [-0.05, 0) is 12.5 Å². The number of nitrogens with zero attached hydrogens (tertiary/aromatic N) is 1. The molecule has 2 atom stereocenters. The van der Waals surface area contributed by atoms with Gasteiger partial charge in [0, 0.05) is 12.1 Å². The monoisotopic (exact) mass is 163 g/mol. The summed E-state index contributed by atoms with van der Waals surface area (Å²) in [4.78, 5) is 4.41. The predicted octanol–water partition coefficient (Wildman–Crippen LogP) is 1.59. The molecule has 0 aromatic rings. The Kier molecular flexibility index (Phi) is 2.37. The van der Waals surface area contributed by atoms with Crippen molar-refractivity contribution in [3.63, 3.8) is 0 Å². The van der Waals surface area contributed by atoms with Gasteiger partial charge in [0.05, 0.1) is 19.3 Å². The highest BCUT2D eigenvalue weighted by atomic mass is 16.5. The van der Waals surface area contributed by atoms with E-state index in [9.17, 15) is 0 Å². The van der Waals surface area contributed by atoms with E-state index in [4.69, 9.17) is 4.74 Å². The van der Waals surface area contributed by atoms with Gasteiger partial charge < -0.3 is 4.74 Å². The number of rotatable bonds is 1. The lowest BCUT2D eigenvalue weighted by Gasteiger charge is -2.23. The Balaban J connectivity index is 1.99. The number of allylic oxidation sites excluding steroid dienone is 1. The summed E-state index contributed by atoms with van der Waals surface area (Å²) < 4.78 is 5.35. The third-order valence-corrected chi connectivity index (χ3v) is 2.28. The minimum absolute atomic E-state index is 0.409. The summed E-state index contributed by atoms with van der Waals surface area (Å²) in [5.74, 6) is 0.486. The minimum atomic E-state index is 0.409. The summed E-state index contributed by atoms with van der Waals surface area (Å²) in [6.45, 7) is 1.59. The molecule has 2 rings (SSSR count). The first-order valence-corrected chi connectivity index (χ1v) is 4.39. The van der Waals surface area contributed by atoms with Gasteiger partial charge in [0.2, 0.25) is 0 Å². The highest BCUT2D eigenvalue weighted by Crippen LogP contribution is 2.18. The predicted molar refractivity (Wildman–Crippen MR) is 49.5 cm³/mol. The largest absolute Gasteiger partial charge is 0.377 e. The van der Waals surface area contributed by atoms with E-state index < -0.39 is 0 Å². The smallest absolute Gasteiger partial charge is 0.0647 e. The number of ether oxygens (including phenoxy) is 1. The van der Waals surface area contributed by atoms with Crippen molar-refractivity contribution in [2.24, 2.45) is 10.9 Å². The Morgan fingerprint density at radius 3 is 3.00 bits per heavy atom. The molecule has 2 aliphatic heterocycles. The molecule has 0 fully saturated rings. The van der Waals surface area contributed by atoms with Crippen molar-refractivity contribution < 1.29 is 4.74 Å². The van der Waals surface area contributed by atoms with Crippen molar-refractivity contribution in [1.29, 1.82) is 0 Å². The van der Waals surface area contributed by atoms with E-state index in [-0.39, 0.29) is 0 Å². The molecule has 0 aromatic heterocycles. The van der Waals surface area contributed by atoms with Crippen LogP contribution in [0.2, 0.25) is 0 Å². The van der Waals surface area contributed by atoms with Crippen LogP contribution in [0.4, 0.5) is 0 Å². The molecule has 64 valence electrons. The number of dihydropyridines is 1. The van der Waals surface area contributed by atoms with Gasteiger partial charge in [-0.2, -0.15) is 0 Å². The summed E-state index contributed by atoms with van der Waals surface area (Å²) in [6.07, 6.45) is 11.4. The maximum absolute atomic E-state index is 5.35. The van der Waals surface area contributed by atoms with Gasteiger partial charge >= 0.3 is 0 Å². The Hall–Kier alpha value is -0.890. The molecule has 0 spiro atoms. The van der Waals surface area contributed by atoms with Gasteiger partial charge in [0.15, 0.2) is 0 Å². The van der Waals surface area contributed by atoms with E-state index in [0.717, 1.165) is 19.6 Å².